The number of rotatable bonds is 6. The zero-order valence-electron chi connectivity index (χ0n) is 18.9. The summed E-state index contributed by atoms with van der Waals surface area (Å²) in [5.41, 5.74) is 7.03. The summed E-state index contributed by atoms with van der Waals surface area (Å²) in [4.78, 5) is 21.9. The van der Waals surface area contributed by atoms with Gasteiger partial charge in [-0.15, -0.1) is 0 Å². The number of imidazole rings is 1. The molecule has 4 rings (SSSR count). The number of benzene rings is 1. The molecule has 0 bridgehead atoms. The maximum Gasteiger partial charge on any atom is 0.258 e. The number of aliphatic hydroxyl groups is 1. The quantitative estimate of drug-likeness (QED) is 0.503. The monoisotopic (exact) mass is 475 g/mol. The number of ether oxygens (including phenoxy) is 1. The van der Waals surface area contributed by atoms with E-state index in [4.69, 9.17) is 22.1 Å². The normalized spacial score (nSPS) is 20.2. The van der Waals surface area contributed by atoms with Crippen molar-refractivity contribution in [3.63, 3.8) is 0 Å². The van der Waals surface area contributed by atoms with Gasteiger partial charge < -0.3 is 20.9 Å². The molecule has 8 nitrogen and oxygen atoms in total. The zero-order valence-corrected chi connectivity index (χ0v) is 19.7. The molecule has 33 heavy (non-hydrogen) atoms. The number of fused-ring (bicyclic) bond motifs is 1. The highest BCUT2D eigenvalue weighted by Crippen LogP contribution is 2.37. The fourth-order valence-corrected chi connectivity index (χ4v) is 4.62. The van der Waals surface area contributed by atoms with Crippen LogP contribution in [0.3, 0.4) is 0 Å². The number of carbonyl (C=O) groups is 1. The van der Waals surface area contributed by atoms with Crippen molar-refractivity contribution < 1.29 is 19.0 Å². The predicted molar refractivity (Wildman–Crippen MR) is 123 cm³/mol. The fourth-order valence-electron chi connectivity index (χ4n) is 4.39. The summed E-state index contributed by atoms with van der Waals surface area (Å²) < 4.78 is 23.0. The first kappa shape index (κ1) is 23.3. The maximum absolute atomic E-state index is 15.2. The molecule has 4 N–H and O–H groups in total. The van der Waals surface area contributed by atoms with Crippen LogP contribution >= 0.6 is 11.6 Å². The molecule has 1 aromatic carbocycles. The third-order valence-electron chi connectivity index (χ3n) is 5.80. The van der Waals surface area contributed by atoms with Crippen molar-refractivity contribution in [2.45, 2.75) is 64.7 Å². The van der Waals surface area contributed by atoms with Crippen molar-refractivity contribution >= 4 is 28.8 Å². The number of halogens is 2. The van der Waals surface area contributed by atoms with Crippen LogP contribution in [0.15, 0.2) is 18.5 Å². The minimum absolute atomic E-state index is 0.115. The lowest BCUT2D eigenvalue weighted by Gasteiger charge is -2.43. The van der Waals surface area contributed by atoms with Gasteiger partial charge >= 0.3 is 0 Å². The van der Waals surface area contributed by atoms with Gasteiger partial charge in [-0.05, 0) is 46.6 Å². The number of anilines is 1. The molecule has 176 valence electrons. The number of aromatic nitrogens is 3. The molecule has 1 aliphatic rings. The Morgan fingerprint density at radius 1 is 1.48 bits per heavy atom. The van der Waals surface area contributed by atoms with E-state index < -0.39 is 23.4 Å². The molecule has 0 saturated heterocycles. The first-order valence-electron chi connectivity index (χ1n) is 10.7. The number of nitrogens with zero attached hydrogens (tertiary/aromatic N) is 3. The number of nitrogen functional groups attached to an aromatic ring is 1. The number of aryl methyl sites for hydroxylation is 1. The van der Waals surface area contributed by atoms with E-state index >= 15 is 4.39 Å². The Bertz CT molecular complexity index is 1240. The lowest BCUT2D eigenvalue weighted by atomic mass is 9.76. The number of hydrogen-bond donors (Lipinski definition) is 3. The number of nitrogens with two attached hydrogens (primary N) is 1. The van der Waals surface area contributed by atoms with E-state index in [0.29, 0.717) is 41.3 Å². The van der Waals surface area contributed by atoms with E-state index in [9.17, 15) is 9.90 Å². The van der Waals surface area contributed by atoms with Gasteiger partial charge in [-0.1, -0.05) is 11.6 Å². The Kier molecular flexibility index (Phi) is 5.96. The van der Waals surface area contributed by atoms with Crippen molar-refractivity contribution in [2.24, 2.45) is 0 Å². The average molecular weight is 476 g/mol. The Labute approximate surface area is 195 Å². The van der Waals surface area contributed by atoms with Gasteiger partial charge in [-0.3, -0.25) is 9.20 Å². The second-order valence-electron chi connectivity index (χ2n) is 9.10. The second kappa shape index (κ2) is 8.46. The van der Waals surface area contributed by atoms with E-state index in [0.717, 1.165) is 0 Å². The van der Waals surface area contributed by atoms with E-state index in [1.807, 2.05) is 18.2 Å². The molecule has 0 aliphatic heterocycles. The number of carbonyl (C=O) groups excluding carboxylic acids is 1. The molecule has 1 saturated carbocycles. The molecule has 3 aromatic rings. The Hall–Kier alpha value is -2.91. The van der Waals surface area contributed by atoms with Crippen molar-refractivity contribution in [1.29, 1.82) is 0 Å². The number of nitrogens with one attached hydrogen (secondary N) is 1. The molecular formula is C23H27ClFN5O3. The standard InChI is InChI=1S/C23H27ClFN5O3/c1-11(2)33-20-13(8-16-28-12(3)19-21(26)27-5-6-30(16)19)7-15(24)18(25)17(20)22(32)29-23(4)9-14(31)10-23/h5-7,11,14,31H,8-10H2,1-4H3,(H2,26,27)(H,29,32). The molecule has 1 amide bonds. The summed E-state index contributed by atoms with van der Waals surface area (Å²) in [7, 11) is 0. The lowest BCUT2D eigenvalue weighted by Crippen LogP contribution is -2.57. The van der Waals surface area contributed by atoms with Gasteiger partial charge in [-0.25, -0.2) is 14.4 Å². The van der Waals surface area contributed by atoms with Gasteiger partial charge in [0.05, 0.1) is 22.9 Å². The highest BCUT2D eigenvalue weighted by Gasteiger charge is 2.41. The van der Waals surface area contributed by atoms with Crippen LogP contribution in [0.2, 0.25) is 5.02 Å². The van der Waals surface area contributed by atoms with Crippen LogP contribution in [0.1, 0.15) is 61.1 Å². The minimum atomic E-state index is -0.852. The summed E-state index contributed by atoms with van der Waals surface area (Å²) in [5.74, 6) is -0.410. The summed E-state index contributed by atoms with van der Waals surface area (Å²) in [6, 6.07) is 1.46. The van der Waals surface area contributed by atoms with Gasteiger partial charge in [0.15, 0.2) is 5.82 Å². The van der Waals surface area contributed by atoms with Crippen LogP contribution in [-0.4, -0.2) is 43.1 Å². The van der Waals surface area contributed by atoms with E-state index in [1.165, 1.54) is 6.07 Å². The maximum atomic E-state index is 15.2. The van der Waals surface area contributed by atoms with Gasteiger partial charge in [-0.2, -0.15) is 0 Å². The molecule has 0 unspecified atom stereocenters. The zero-order chi connectivity index (χ0) is 24.1. The Balaban J connectivity index is 1.80. The topological polar surface area (TPSA) is 115 Å². The van der Waals surface area contributed by atoms with Crippen molar-refractivity contribution in [3.8, 4) is 5.75 Å². The van der Waals surface area contributed by atoms with E-state index in [-0.39, 0.29) is 28.9 Å². The Morgan fingerprint density at radius 3 is 2.82 bits per heavy atom. The summed E-state index contributed by atoms with van der Waals surface area (Å²) in [6.07, 6.45) is 3.51. The minimum Gasteiger partial charge on any atom is -0.490 e. The number of aliphatic hydroxyl groups excluding tert-OH is 1. The van der Waals surface area contributed by atoms with Crippen LogP contribution in [0.25, 0.3) is 5.52 Å². The third-order valence-corrected chi connectivity index (χ3v) is 6.07. The fraction of sp³-hybridized carbons (Fsp3) is 0.435. The molecule has 10 heteroatoms. The van der Waals surface area contributed by atoms with Crippen LogP contribution in [-0.2, 0) is 6.42 Å². The molecule has 1 fully saturated rings. The van der Waals surface area contributed by atoms with Crippen molar-refractivity contribution in [1.82, 2.24) is 19.7 Å². The number of amides is 1. The molecule has 2 heterocycles. The summed E-state index contributed by atoms with van der Waals surface area (Å²) in [5, 5.41) is 12.3. The molecule has 0 radical (unpaired) electrons. The SMILES string of the molecule is Cc1nc(Cc2cc(Cl)c(F)c(C(=O)NC3(C)CC(O)C3)c2OC(C)C)n2ccnc(N)c12. The first-order chi connectivity index (χ1) is 15.5. The highest BCUT2D eigenvalue weighted by molar-refractivity contribution is 6.31. The highest BCUT2D eigenvalue weighted by atomic mass is 35.5. The van der Waals surface area contributed by atoms with Crippen LogP contribution in [0.4, 0.5) is 10.2 Å². The second-order valence-corrected chi connectivity index (χ2v) is 9.51. The average Bonchev–Trinajstić information content (AvgIpc) is 3.01. The predicted octanol–water partition coefficient (Wildman–Crippen LogP) is 3.43. The lowest BCUT2D eigenvalue weighted by molar-refractivity contribution is 0.0126. The number of hydrogen-bond acceptors (Lipinski definition) is 6. The molecule has 0 spiro atoms. The smallest absolute Gasteiger partial charge is 0.258 e. The van der Waals surface area contributed by atoms with Gasteiger partial charge in [0.2, 0.25) is 0 Å². The third kappa shape index (κ3) is 4.35. The van der Waals surface area contributed by atoms with Crippen LogP contribution in [0.5, 0.6) is 5.75 Å². The largest absolute Gasteiger partial charge is 0.490 e. The van der Waals surface area contributed by atoms with Gasteiger partial charge in [0, 0.05) is 29.9 Å². The van der Waals surface area contributed by atoms with Crippen LogP contribution in [0, 0.1) is 12.7 Å². The van der Waals surface area contributed by atoms with Crippen molar-refractivity contribution in [3.05, 3.63) is 51.9 Å². The van der Waals surface area contributed by atoms with Crippen molar-refractivity contribution in [2.75, 3.05) is 5.73 Å². The molecule has 0 atom stereocenters. The first-order valence-corrected chi connectivity index (χ1v) is 11.1. The van der Waals surface area contributed by atoms with Gasteiger partial charge in [0.1, 0.15) is 28.5 Å². The van der Waals surface area contributed by atoms with E-state index in [1.54, 1.807) is 26.2 Å². The van der Waals surface area contributed by atoms with E-state index in [2.05, 4.69) is 15.3 Å². The van der Waals surface area contributed by atoms with Gasteiger partial charge in [0.25, 0.3) is 5.91 Å². The molecular weight excluding hydrogens is 449 g/mol. The summed E-state index contributed by atoms with van der Waals surface area (Å²) >= 11 is 6.22. The van der Waals surface area contributed by atoms with Crippen LogP contribution < -0.4 is 15.8 Å². The molecule has 1 aliphatic carbocycles. The summed E-state index contributed by atoms with van der Waals surface area (Å²) in [6.45, 7) is 7.22. The Morgan fingerprint density at radius 2 is 2.18 bits per heavy atom. The molecule has 2 aromatic heterocycles.